The van der Waals surface area contributed by atoms with Crippen LogP contribution in [0.5, 0.6) is 5.75 Å². The molecule has 4 N–H and O–H groups in total. The number of para-hydroxylation sites is 1. The lowest BCUT2D eigenvalue weighted by atomic mass is 9.86. The molecule has 1 fully saturated rings. The maximum atomic E-state index is 12.5. The summed E-state index contributed by atoms with van der Waals surface area (Å²) in [5, 5.41) is 17.6. The first-order chi connectivity index (χ1) is 12.5. The number of nitrogens with one attached hydrogen (secondary N) is 3. The van der Waals surface area contributed by atoms with Gasteiger partial charge in [0.25, 0.3) is 5.91 Å². The van der Waals surface area contributed by atoms with Crippen LogP contribution in [0.2, 0.25) is 0 Å². The Morgan fingerprint density at radius 2 is 1.65 bits per heavy atom. The predicted molar refractivity (Wildman–Crippen MR) is 91.8 cm³/mol. The van der Waals surface area contributed by atoms with Crippen LogP contribution < -0.4 is 20.7 Å². The van der Waals surface area contributed by atoms with Gasteiger partial charge in [-0.1, -0.05) is 18.2 Å². The summed E-state index contributed by atoms with van der Waals surface area (Å²) < 4.78 is 5.26. The van der Waals surface area contributed by atoms with Crippen LogP contribution in [0.4, 0.5) is 0 Å². The van der Waals surface area contributed by atoms with E-state index in [-0.39, 0.29) is 30.0 Å². The highest BCUT2D eigenvalue weighted by Gasteiger charge is 2.31. The standard InChI is InChI=1S/C18H21N3O5/c22-16(21-12-8-6-11(7-9-12)17(23)24)14-15(20-10-19-14)18(25)26-13-4-2-1-3-5-13/h1-5,11-12,19-20H,6-10H2,(H,21,22)(H,23,24)/t11-,12-. The molecule has 0 atom stereocenters. The number of hydrogen-bond donors (Lipinski definition) is 4. The molecule has 0 unspecified atom stereocenters. The number of aliphatic carboxylic acids is 1. The van der Waals surface area contributed by atoms with E-state index in [1.54, 1.807) is 24.3 Å². The lowest BCUT2D eigenvalue weighted by Gasteiger charge is -2.27. The Morgan fingerprint density at radius 3 is 2.31 bits per heavy atom. The molecule has 1 heterocycles. The molecule has 0 spiro atoms. The number of hydrogen-bond acceptors (Lipinski definition) is 6. The summed E-state index contributed by atoms with van der Waals surface area (Å²) in [7, 11) is 0. The number of rotatable bonds is 5. The topological polar surface area (TPSA) is 117 Å². The van der Waals surface area contributed by atoms with Gasteiger partial charge in [-0.3, -0.25) is 9.59 Å². The fourth-order valence-electron chi connectivity index (χ4n) is 3.15. The minimum absolute atomic E-state index is 0.0885. The molecular weight excluding hydrogens is 338 g/mol. The summed E-state index contributed by atoms with van der Waals surface area (Å²) >= 11 is 0. The molecule has 8 nitrogen and oxygen atoms in total. The fourth-order valence-corrected chi connectivity index (χ4v) is 3.15. The minimum Gasteiger partial charge on any atom is -0.481 e. The van der Waals surface area contributed by atoms with Gasteiger partial charge < -0.3 is 25.8 Å². The molecule has 138 valence electrons. The average molecular weight is 359 g/mol. The van der Waals surface area contributed by atoms with Gasteiger partial charge in [-0.2, -0.15) is 0 Å². The molecule has 1 aliphatic carbocycles. The highest BCUT2D eigenvalue weighted by atomic mass is 16.5. The summed E-state index contributed by atoms with van der Waals surface area (Å²) in [6, 6.07) is 8.52. The van der Waals surface area contributed by atoms with Crippen molar-refractivity contribution in [1.82, 2.24) is 16.0 Å². The number of carboxylic acid groups (broad SMARTS) is 1. The lowest BCUT2D eigenvalue weighted by molar-refractivity contribution is -0.143. The zero-order valence-corrected chi connectivity index (χ0v) is 14.2. The first kappa shape index (κ1) is 17.8. The Balaban J connectivity index is 1.61. The van der Waals surface area contributed by atoms with Crippen LogP contribution in [0.1, 0.15) is 25.7 Å². The summed E-state index contributed by atoms with van der Waals surface area (Å²) in [6.45, 7) is 0.258. The van der Waals surface area contributed by atoms with E-state index < -0.39 is 17.8 Å². The third kappa shape index (κ3) is 4.14. The Labute approximate surface area is 150 Å². The zero-order valence-electron chi connectivity index (χ0n) is 14.2. The van der Waals surface area contributed by atoms with E-state index >= 15 is 0 Å². The Kier molecular flexibility index (Phi) is 5.40. The first-order valence-electron chi connectivity index (χ1n) is 8.57. The van der Waals surface area contributed by atoms with Gasteiger partial charge in [-0.05, 0) is 37.8 Å². The molecule has 1 aliphatic heterocycles. The molecule has 2 aliphatic rings. The summed E-state index contributed by atoms with van der Waals surface area (Å²) in [6.07, 6.45) is 2.28. The summed E-state index contributed by atoms with van der Waals surface area (Å²) in [4.78, 5) is 35.8. The number of carbonyl (C=O) groups excluding carboxylic acids is 2. The molecule has 0 saturated heterocycles. The van der Waals surface area contributed by atoms with E-state index in [1.807, 2.05) is 6.07 Å². The molecule has 26 heavy (non-hydrogen) atoms. The minimum atomic E-state index is -0.787. The fraction of sp³-hybridized carbons (Fsp3) is 0.389. The van der Waals surface area contributed by atoms with Gasteiger partial charge in [0.05, 0.1) is 12.6 Å². The second-order valence-corrected chi connectivity index (χ2v) is 6.34. The van der Waals surface area contributed by atoms with Gasteiger partial charge >= 0.3 is 11.9 Å². The van der Waals surface area contributed by atoms with Crippen molar-refractivity contribution in [1.29, 1.82) is 0 Å². The molecule has 8 heteroatoms. The summed E-state index contributed by atoms with van der Waals surface area (Å²) in [5.74, 6) is -1.77. The predicted octanol–water partition coefficient (Wildman–Crippen LogP) is 0.713. The lowest BCUT2D eigenvalue weighted by Crippen LogP contribution is -2.41. The molecule has 0 radical (unpaired) electrons. The normalized spacial score (nSPS) is 22.2. The SMILES string of the molecule is O=C(N[C@H]1CC[C@H](C(=O)O)CC1)C1=C(C(=O)Oc2ccccc2)NCN1. The third-order valence-corrected chi connectivity index (χ3v) is 4.58. The Hall–Kier alpha value is -3.03. The molecule has 1 aromatic carbocycles. The van der Waals surface area contributed by atoms with Crippen molar-refractivity contribution in [3.63, 3.8) is 0 Å². The van der Waals surface area contributed by atoms with E-state index in [0.717, 1.165) is 0 Å². The van der Waals surface area contributed by atoms with Gasteiger partial charge in [0.2, 0.25) is 0 Å². The van der Waals surface area contributed by atoms with Crippen molar-refractivity contribution < 1.29 is 24.2 Å². The number of carbonyl (C=O) groups is 3. The van der Waals surface area contributed by atoms with Crippen molar-refractivity contribution in [3.8, 4) is 5.75 Å². The Bertz CT molecular complexity index is 724. The quantitative estimate of drug-likeness (QED) is 0.452. The molecule has 0 bridgehead atoms. The maximum absolute atomic E-state index is 12.5. The number of esters is 1. The van der Waals surface area contributed by atoms with E-state index in [9.17, 15) is 14.4 Å². The van der Waals surface area contributed by atoms with Crippen LogP contribution in [-0.2, 0) is 14.4 Å². The Morgan fingerprint density at radius 1 is 1.00 bits per heavy atom. The number of carboxylic acids is 1. The van der Waals surface area contributed by atoms with Crippen LogP contribution in [0.3, 0.4) is 0 Å². The molecular formula is C18H21N3O5. The average Bonchev–Trinajstić information content (AvgIpc) is 3.13. The van der Waals surface area contributed by atoms with Gasteiger partial charge in [0, 0.05) is 6.04 Å². The van der Waals surface area contributed by atoms with Gasteiger partial charge in [-0.15, -0.1) is 0 Å². The van der Waals surface area contributed by atoms with E-state index in [2.05, 4.69) is 16.0 Å². The molecule has 3 rings (SSSR count). The smallest absolute Gasteiger partial charge is 0.362 e. The summed E-state index contributed by atoms with van der Waals surface area (Å²) in [5.41, 5.74) is 0.233. The second-order valence-electron chi connectivity index (χ2n) is 6.34. The molecule has 1 aromatic rings. The highest BCUT2D eigenvalue weighted by Crippen LogP contribution is 2.24. The van der Waals surface area contributed by atoms with E-state index in [0.29, 0.717) is 31.4 Å². The van der Waals surface area contributed by atoms with Crippen molar-refractivity contribution in [2.45, 2.75) is 31.7 Å². The van der Waals surface area contributed by atoms with Crippen LogP contribution in [-0.4, -0.2) is 35.7 Å². The number of benzene rings is 1. The van der Waals surface area contributed by atoms with Crippen molar-refractivity contribution >= 4 is 17.8 Å². The number of amides is 1. The van der Waals surface area contributed by atoms with Crippen molar-refractivity contribution in [3.05, 3.63) is 41.7 Å². The van der Waals surface area contributed by atoms with E-state index in [4.69, 9.17) is 9.84 Å². The van der Waals surface area contributed by atoms with Crippen LogP contribution in [0.15, 0.2) is 41.7 Å². The largest absolute Gasteiger partial charge is 0.481 e. The van der Waals surface area contributed by atoms with Crippen molar-refractivity contribution in [2.24, 2.45) is 5.92 Å². The van der Waals surface area contributed by atoms with Crippen LogP contribution in [0, 0.1) is 5.92 Å². The third-order valence-electron chi connectivity index (χ3n) is 4.58. The molecule has 1 saturated carbocycles. The van der Waals surface area contributed by atoms with Gasteiger partial charge in [-0.25, -0.2) is 4.79 Å². The monoisotopic (exact) mass is 359 g/mol. The van der Waals surface area contributed by atoms with Crippen molar-refractivity contribution in [2.75, 3.05) is 6.67 Å². The van der Waals surface area contributed by atoms with Crippen LogP contribution >= 0.6 is 0 Å². The number of ether oxygens (including phenoxy) is 1. The second kappa shape index (κ2) is 7.90. The van der Waals surface area contributed by atoms with Gasteiger partial charge in [0.15, 0.2) is 5.70 Å². The first-order valence-corrected chi connectivity index (χ1v) is 8.57. The molecule has 1 amide bonds. The zero-order chi connectivity index (χ0) is 18.5. The van der Waals surface area contributed by atoms with Gasteiger partial charge in [0.1, 0.15) is 11.4 Å². The maximum Gasteiger partial charge on any atom is 0.362 e. The molecule has 0 aromatic heterocycles. The van der Waals surface area contributed by atoms with Crippen LogP contribution in [0.25, 0.3) is 0 Å². The highest BCUT2D eigenvalue weighted by molar-refractivity contribution is 6.03. The van der Waals surface area contributed by atoms with E-state index in [1.165, 1.54) is 0 Å².